The van der Waals surface area contributed by atoms with Crippen molar-refractivity contribution >= 4 is 41.5 Å². The predicted octanol–water partition coefficient (Wildman–Crippen LogP) is 3.34. The Hall–Kier alpha value is -3.57. The number of rotatable bonds is 14. The van der Waals surface area contributed by atoms with Crippen LogP contribution in [0.4, 0.5) is 0 Å². The molecule has 1 aliphatic heterocycles. The molecule has 272 valence electrons. The third kappa shape index (κ3) is 9.78. The van der Waals surface area contributed by atoms with E-state index in [0.717, 1.165) is 64.2 Å². The SMILES string of the molecule is CC=N/C=C(\C)C(=O)N[C@H](C(=O)N[C@H](C(=O)N1C[C@@H]2CCC[C@@H]2[C@H]1C(=O)N[C@@H](CCC)C(=O)C(=O)NC1CC1)C(C)(C)C)C1CCCCC1. The highest BCUT2D eigenvalue weighted by Gasteiger charge is 2.52. The first-order chi connectivity index (χ1) is 23.3. The van der Waals surface area contributed by atoms with Crippen molar-refractivity contribution in [3.8, 4) is 0 Å². The zero-order chi connectivity index (χ0) is 35.9. The Bertz CT molecular complexity index is 1310. The van der Waals surface area contributed by atoms with Gasteiger partial charge in [-0.15, -0.1) is 0 Å². The van der Waals surface area contributed by atoms with Crippen LogP contribution in [-0.2, 0) is 28.8 Å². The third-order valence-corrected chi connectivity index (χ3v) is 10.7. The van der Waals surface area contributed by atoms with Crippen molar-refractivity contribution in [3.63, 3.8) is 0 Å². The molecule has 3 aliphatic carbocycles. The number of ketones is 1. The van der Waals surface area contributed by atoms with Crippen LogP contribution in [0.5, 0.6) is 0 Å². The largest absolute Gasteiger partial charge is 0.347 e. The fraction of sp³-hybridized carbons (Fsp3) is 0.757. The van der Waals surface area contributed by atoms with Gasteiger partial charge in [0.2, 0.25) is 29.4 Å². The first-order valence-electron chi connectivity index (χ1n) is 18.5. The summed E-state index contributed by atoms with van der Waals surface area (Å²) in [5, 5.41) is 11.6. The molecule has 4 N–H and O–H groups in total. The second-order valence-corrected chi connectivity index (χ2v) is 15.6. The highest BCUT2D eigenvalue weighted by Crippen LogP contribution is 2.43. The van der Waals surface area contributed by atoms with Crippen LogP contribution in [0, 0.1) is 23.2 Å². The number of carbonyl (C=O) groups excluding carboxylic acids is 6. The van der Waals surface area contributed by atoms with Gasteiger partial charge in [-0.2, -0.15) is 0 Å². The van der Waals surface area contributed by atoms with Crippen LogP contribution in [0.3, 0.4) is 0 Å². The summed E-state index contributed by atoms with van der Waals surface area (Å²) in [6.07, 6.45) is 12.8. The molecule has 0 spiro atoms. The second-order valence-electron chi connectivity index (χ2n) is 15.6. The van der Waals surface area contributed by atoms with Crippen molar-refractivity contribution in [3.05, 3.63) is 11.8 Å². The van der Waals surface area contributed by atoms with Gasteiger partial charge in [-0.25, -0.2) is 0 Å². The van der Waals surface area contributed by atoms with Gasteiger partial charge >= 0.3 is 0 Å². The van der Waals surface area contributed by atoms with Crippen molar-refractivity contribution in [1.82, 2.24) is 26.2 Å². The first-order valence-corrected chi connectivity index (χ1v) is 18.5. The molecule has 12 heteroatoms. The molecule has 1 saturated heterocycles. The van der Waals surface area contributed by atoms with Gasteiger partial charge in [-0.3, -0.25) is 33.8 Å². The maximum absolute atomic E-state index is 14.6. The monoisotopic (exact) mass is 682 g/mol. The zero-order valence-electron chi connectivity index (χ0n) is 30.3. The van der Waals surface area contributed by atoms with Crippen molar-refractivity contribution in [2.45, 2.75) is 149 Å². The van der Waals surface area contributed by atoms with Gasteiger partial charge in [0, 0.05) is 30.6 Å². The molecular formula is C37H58N6O6. The number of carbonyl (C=O) groups is 6. The van der Waals surface area contributed by atoms with E-state index in [0.29, 0.717) is 25.0 Å². The van der Waals surface area contributed by atoms with Crippen LogP contribution in [-0.4, -0.2) is 83.2 Å². The van der Waals surface area contributed by atoms with Gasteiger partial charge in [0.25, 0.3) is 5.91 Å². The maximum Gasteiger partial charge on any atom is 0.289 e. The molecule has 0 unspecified atom stereocenters. The van der Waals surface area contributed by atoms with E-state index < -0.39 is 53.1 Å². The molecule has 0 aromatic heterocycles. The molecular weight excluding hydrogens is 624 g/mol. The summed E-state index contributed by atoms with van der Waals surface area (Å²) in [4.78, 5) is 87.3. The van der Waals surface area contributed by atoms with Crippen molar-refractivity contribution < 1.29 is 28.8 Å². The summed E-state index contributed by atoms with van der Waals surface area (Å²) in [5.74, 6) is -2.97. The molecule has 49 heavy (non-hydrogen) atoms. The maximum atomic E-state index is 14.6. The van der Waals surface area contributed by atoms with Gasteiger partial charge in [0.15, 0.2) is 0 Å². The van der Waals surface area contributed by atoms with Crippen LogP contribution in [0.15, 0.2) is 16.8 Å². The number of nitrogens with zero attached hydrogens (tertiary/aromatic N) is 2. The molecule has 0 aromatic rings. The van der Waals surface area contributed by atoms with E-state index in [1.165, 1.54) is 6.20 Å². The van der Waals surface area contributed by atoms with Gasteiger partial charge in [-0.1, -0.05) is 59.8 Å². The number of fused-ring (bicyclic) bond motifs is 1. The molecule has 12 nitrogen and oxygen atoms in total. The molecule has 0 radical (unpaired) electrons. The van der Waals surface area contributed by atoms with E-state index in [2.05, 4.69) is 26.3 Å². The number of hydrogen-bond donors (Lipinski definition) is 4. The fourth-order valence-electron chi connectivity index (χ4n) is 7.74. The van der Waals surface area contributed by atoms with Gasteiger partial charge in [-0.05, 0) is 82.0 Å². The van der Waals surface area contributed by atoms with Gasteiger partial charge in [0.1, 0.15) is 18.1 Å². The Morgan fingerprint density at radius 1 is 0.878 bits per heavy atom. The fourth-order valence-corrected chi connectivity index (χ4v) is 7.74. The van der Waals surface area contributed by atoms with Crippen LogP contribution in [0.2, 0.25) is 0 Å². The number of Topliss-reactive ketones (excluding diaryl/α,β-unsaturated/α-hetero) is 1. The summed E-state index contributed by atoms with van der Waals surface area (Å²) in [6, 6.07) is -3.59. The molecule has 0 bridgehead atoms. The number of nitrogens with one attached hydrogen (secondary N) is 4. The van der Waals surface area contributed by atoms with E-state index in [1.807, 2.05) is 27.7 Å². The molecule has 3 saturated carbocycles. The lowest BCUT2D eigenvalue weighted by molar-refractivity contribution is -0.146. The summed E-state index contributed by atoms with van der Waals surface area (Å²) in [5.41, 5.74) is -0.350. The van der Waals surface area contributed by atoms with E-state index >= 15 is 0 Å². The van der Waals surface area contributed by atoms with E-state index in [9.17, 15) is 28.8 Å². The molecule has 6 atom stereocenters. The average Bonchev–Trinajstić information content (AvgIpc) is 3.63. The molecule has 4 aliphatic rings. The molecule has 0 aromatic carbocycles. The quantitative estimate of drug-likeness (QED) is 0.125. The summed E-state index contributed by atoms with van der Waals surface area (Å²) >= 11 is 0. The minimum absolute atomic E-state index is 0.0166. The Kier molecular flexibility index (Phi) is 13.2. The van der Waals surface area contributed by atoms with Gasteiger partial charge < -0.3 is 26.2 Å². The Balaban J connectivity index is 1.56. The molecule has 5 amide bonds. The summed E-state index contributed by atoms with van der Waals surface area (Å²) < 4.78 is 0. The minimum Gasteiger partial charge on any atom is -0.347 e. The highest BCUT2D eigenvalue weighted by atomic mass is 16.2. The van der Waals surface area contributed by atoms with Gasteiger partial charge in [0.05, 0.1) is 6.04 Å². The van der Waals surface area contributed by atoms with Crippen molar-refractivity contribution in [2.75, 3.05) is 6.54 Å². The molecule has 1 heterocycles. The Morgan fingerprint density at radius 3 is 2.18 bits per heavy atom. The molecule has 4 rings (SSSR count). The van der Waals surface area contributed by atoms with Crippen LogP contribution >= 0.6 is 0 Å². The summed E-state index contributed by atoms with van der Waals surface area (Å²) in [7, 11) is 0. The second kappa shape index (κ2) is 16.9. The van der Waals surface area contributed by atoms with E-state index in [-0.39, 0.29) is 35.6 Å². The lowest BCUT2D eigenvalue weighted by Gasteiger charge is -2.38. The van der Waals surface area contributed by atoms with Crippen LogP contribution in [0.25, 0.3) is 0 Å². The Morgan fingerprint density at radius 2 is 1.57 bits per heavy atom. The lowest BCUT2D eigenvalue weighted by atomic mass is 9.82. The van der Waals surface area contributed by atoms with E-state index in [1.54, 1.807) is 25.0 Å². The third-order valence-electron chi connectivity index (χ3n) is 10.7. The predicted molar refractivity (Wildman–Crippen MR) is 187 cm³/mol. The number of likely N-dealkylation sites (tertiary alicyclic amines) is 1. The lowest BCUT2D eigenvalue weighted by Crippen LogP contribution is -2.62. The minimum atomic E-state index is -0.979. The number of aliphatic imine (C=N–C) groups is 1. The standard InChI is InChI=1S/C37H58N6O6/c1-7-13-27(30(44)35(48)39-25-18-19-25)40-34(47)29-26-17-12-16-24(26)21-43(29)36(49)31(37(4,5)6)42-33(46)28(23-14-10-9-11-15-23)41-32(45)22(3)20-38-8-2/h8,20,23-29,31H,7,9-19,21H2,1-6H3,(H,39,48)(H,40,47)(H,41,45)(H,42,46)/b22-20+,38-8?/t24-,26-,27-,28-,29-,31+/m0/s1. The first kappa shape index (κ1) is 38.2. The highest BCUT2D eigenvalue weighted by molar-refractivity contribution is 6.38. The topological polar surface area (TPSA) is 166 Å². The normalized spacial score (nSPS) is 24.9. The smallest absolute Gasteiger partial charge is 0.289 e. The number of hydrogen-bond acceptors (Lipinski definition) is 7. The van der Waals surface area contributed by atoms with E-state index in [4.69, 9.17) is 0 Å². The van der Waals surface area contributed by atoms with Crippen molar-refractivity contribution in [2.24, 2.45) is 28.2 Å². The van der Waals surface area contributed by atoms with Crippen molar-refractivity contribution in [1.29, 1.82) is 0 Å². The molecule has 4 fully saturated rings. The average molecular weight is 683 g/mol. The number of amides is 5. The zero-order valence-corrected chi connectivity index (χ0v) is 30.3. The van der Waals surface area contributed by atoms with Crippen LogP contribution in [0.1, 0.15) is 119 Å². The Labute approximate surface area is 291 Å². The van der Waals surface area contributed by atoms with Crippen LogP contribution < -0.4 is 21.3 Å². The summed E-state index contributed by atoms with van der Waals surface area (Å²) in [6.45, 7) is 11.3.